The number of ketones is 1. The van der Waals surface area contributed by atoms with Crippen LogP contribution in [0.3, 0.4) is 0 Å². The van der Waals surface area contributed by atoms with Gasteiger partial charge in [-0.3, -0.25) is 4.79 Å². The minimum Gasteiger partial charge on any atom is -0.497 e. The van der Waals surface area contributed by atoms with Gasteiger partial charge in [-0.25, -0.2) is 0 Å². The van der Waals surface area contributed by atoms with Crippen LogP contribution in [0.1, 0.15) is 22.0 Å². The molecule has 1 unspecified atom stereocenters. The number of ether oxygens (including phenoxy) is 2. The highest BCUT2D eigenvalue weighted by atomic mass is 16.5. The largest absolute Gasteiger partial charge is 0.497 e. The van der Waals surface area contributed by atoms with E-state index in [2.05, 4.69) is 5.32 Å². The van der Waals surface area contributed by atoms with Gasteiger partial charge in [0.1, 0.15) is 11.5 Å². The predicted molar refractivity (Wildman–Crippen MR) is 105 cm³/mol. The van der Waals surface area contributed by atoms with Crippen molar-refractivity contribution in [3.63, 3.8) is 0 Å². The van der Waals surface area contributed by atoms with Crippen LogP contribution in [0.25, 0.3) is 0 Å². The summed E-state index contributed by atoms with van der Waals surface area (Å²) in [7, 11) is 1.63. The number of nitrogens with one attached hydrogen (secondary N) is 1. The highest BCUT2D eigenvalue weighted by molar-refractivity contribution is 6.12. The van der Waals surface area contributed by atoms with Crippen LogP contribution in [-0.4, -0.2) is 12.9 Å². The summed E-state index contributed by atoms with van der Waals surface area (Å²) in [6, 6.07) is 24.6. The van der Waals surface area contributed by atoms with E-state index in [1.807, 2.05) is 72.8 Å². The Balaban J connectivity index is 1.70. The number of para-hydroxylation sites is 1. The van der Waals surface area contributed by atoms with Gasteiger partial charge in [0.25, 0.3) is 0 Å². The third-order valence-electron chi connectivity index (χ3n) is 4.51. The van der Waals surface area contributed by atoms with E-state index in [9.17, 15) is 4.79 Å². The van der Waals surface area contributed by atoms with Crippen molar-refractivity contribution in [3.8, 4) is 11.5 Å². The van der Waals surface area contributed by atoms with Gasteiger partial charge in [0.2, 0.25) is 0 Å². The van der Waals surface area contributed by atoms with Gasteiger partial charge in [-0.05, 0) is 42.0 Å². The van der Waals surface area contributed by atoms with Gasteiger partial charge < -0.3 is 14.8 Å². The summed E-state index contributed by atoms with van der Waals surface area (Å²) in [5, 5.41) is 3.21. The zero-order chi connectivity index (χ0) is 18.6. The molecule has 4 nitrogen and oxygen atoms in total. The zero-order valence-corrected chi connectivity index (χ0v) is 14.9. The lowest BCUT2D eigenvalue weighted by atomic mass is 9.91. The molecule has 0 saturated carbocycles. The first-order valence-electron chi connectivity index (χ1n) is 8.72. The number of anilines is 1. The Morgan fingerprint density at radius 1 is 0.926 bits per heavy atom. The highest BCUT2D eigenvalue weighted by Crippen LogP contribution is 2.38. The number of fused-ring (bicyclic) bond motifs is 1. The molecule has 27 heavy (non-hydrogen) atoms. The van der Waals surface area contributed by atoms with Gasteiger partial charge in [0.15, 0.2) is 11.9 Å². The summed E-state index contributed by atoms with van der Waals surface area (Å²) in [5.41, 5.74) is 2.94. The number of benzene rings is 3. The molecule has 3 aromatic rings. The van der Waals surface area contributed by atoms with Crippen LogP contribution in [0.5, 0.6) is 11.5 Å². The molecule has 1 N–H and O–H groups in total. The molecule has 1 atom stereocenters. The molecule has 0 amide bonds. The third kappa shape index (κ3) is 3.42. The van der Waals surface area contributed by atoms with Crippen LogP contribution in [-0.2, 0) is 0 Å². The monoisotopic (exact) mass is 357 g/mol. The summed E-state index contributed by atoms with van der Waals surface area (Å²) < 4.78 is 11.4. The van der Waals surface area contributed by atoms with E-state index in [4.69, 9.17) is 9.47 Å². The minimum atomic E-state index is -0.459. The first kappa shape index (κ1) is 16.9. The van der Waals surface area contributed by atoms with E-state index >= 15 is 0 Å². The first-order valence-corrected chi connectivity index (χ1v) is 8.72. The van der Waals surface area contributed by atoms with Crippen molar-refractivity contribution < 1.29 is 14.3 Å². The number of carbonyl (C=O) groups excluding carboxylic acids is 1. The molecular formula is C23H19NO3. The normalized spacial score (nSPS) is 17.1. The molecule has 0 saturated heterocycles. The highest BCUT2D eigenvalue weighted by Gasteiger charge is 2.32. The number of carbonyl (C=O) groups is 1. The molecule has 0 bridgehead atoms. The summed E-state index contributed by atoms with van der Waals surface area (Å²) in [5.74, 6) is 1.35. The minimum absolute atomic E-state index is 0.0354. The second-order valence-electron chi connectivity index (χ2n) is 6.21. The molecule has 0 radical (unpaired) electrons. The Kier molecular flexibility index (Phi) is 4.62. The van der Waals surface area contributed by atoms with Gasteiger partial charge in [0.05, 0.1) is 18.2 Å². The predicted octanol–water partition coefficient (Wildman–Crippen LogP) is 5.01. The van der Waals surface area contributed by atoms with E-state index in [1.165, 1.54) is 0 Å². The van der Waals surface area contributed by atoms with E-state index < -0.39 is 6.10 Å². The van der Waals surface area contributed by atoms with Crippen molar-refractivity contribution in [2.24, 2.45) is 0 Å². The summed E-state index contributed by atoms with van der Waals surface area (Å²) >= 11 is 0. The van der Waals surface area contributed by atoms with E-state index in [0.717, 1.165) is 17.0 Å². The number of rotatable bonds is 4. The third-order valence-corrected chi connectivity index (χ3v) is 4.51. The lowest BCUT2D eigenvalue weighted by molar-refractivity contribution is 0.0961. The van der Waals surface area contributed by atoms with Gasteiger partial charge in [-0.15, -0.1) is 0 Å². The van der Waals surface area contributed by atoms with E-state index in [-0.39, 0.29) is 5.78 Å². The fourth-order valence-corrected chi connectivity index (χ4v) is 3.09. The Morgan fingerprint density at radius 2 is 1.63 bits per heavy atom. The lowest BCUT2D eigenvalue weighted by Crippen LogP contribution is -2.24. The van der Waals surface area contributed by atoms with Crippen molar-refractivity contribution in [1.29, 1.82) is 0 Å². The van der Waals surface area contributed by atoms with Crippen molar-refractivity contribution in [2.45, 2.75) is 6.10 Å². The van der Waals surface area contributed by atoms with Crippen LogP contribution < -0.4 is 14.8 Å². The second-order valence-corrected chi connectivity index (χ2v) is 6.21. The molecule has 1 heterocycles. The molecule has 4 heteroatoms. The second kappa shape index (κ2) is 7.38. The number of hydrogen-bond acceptors (Lipinski definition) is 4. The van der Waals surface area contributed by atoms with E-state index in [0.29, 0.717) is 16.9 Å². The summed E-state index contributed by atoms with van der Waals surface area (Å²) in [4.78, 5) is 13.1. The number of hydrogen-bond donors (Lipinski definition) is 1. The molecule has 1 aliphatic heterocycles. The topological polar surface area (TPSA) is 47.6 Å². The van der Waals surface area contributed by atoms with Crippen molar-refractivity contribution in [3.05, 3.63) is 102 Å². The van der Waals surface area contributed by atoms with Crippen LogP contribution in [0.15, 0.2) is 90.6 Å². The quantitative estimate of drug-likeness (QED) is 0.667. The average molecular weight is 357 g/mol. The lowest BCUT2D eigenvalue weighted by Gasteiger charge is -2.28. The molecule has 0 fully saturated rings. The Labute approximate surface area is 158 Å². The van der Waals surface area contributed by atoms with Crippen LogP contribution >= 0.6 is 0 Å². The fraction of sp³-hybridized carbons (Fsp3) is 0.0870. The standard InChI is InChI=1S/C23H19NO3/c1-26-18-13-11-17(12-14-18)24-15-20-22(25)19-9-5-6-10-21(19)27-23(20)16-7-3-2-4-8-16/h2-15,23-24H,1H3/b20-15+. The summed E-state index contributed by atoms with van der Waals surface area (Å²) in [6.45, 7) is 0. The zero-order valence-electron chi connectivity index (χ0n) is 14.9. The van der Waals surface area contributed by atoms with Gasteiger partial charge in [-0.1, -0.05) is 42.5 Å². The smallest absolute Gasteiger partial charge is 0.198 e. The Bertz CT molecular complexity index is 978. The molecule has 1 aliphatic rings. The molecule has 3 aromatic carbocycles. The molecular weight excluding hydrogens is 338 g/mol. The van der Waals surface area contributed by atoms with Crippen molar-refractivity contribution in [2.75, 3.05) is 12.4 Å². The number of methoxy groups -OCH3 is 1. The van der Waals surface area contributed by atoms with Crippen LogP contribution in [0.4, 0.5) is 5.69 Å². The molecule has 0 spiro atoms. The van der Waals surface area contributed by atoms with Crippen LogP contribution in [0, 0.1) is 0 Å². The molecule has 0 aliphatic carbocycles. The number of Topliss-reactive ketones (excluding diaryl/α,β-unsaturated/α-hetero) is 1. The Hall–Kier alpha value is -3.53. The van der Waals surface area contributed by atoms with Gasteiger partial charge in [-0.2, -0.15) is 0 Å². The van der Waals surface area contributed by atoms with E-state index in [1.54, 1.807) is 19.4 Å². The SMILES string of the molecule is COc1ccc(N/C=C2\C(=O)c3ccccc3OC2c2ccccc2)cc1. The van der Waals surface area contributed by atoms with Crippen molar-refractivity contribution >= 4 is 11.5 Å². The average Bonchev–Trinajstić information content (AvgIpc) is 2.74. The molecule has 0 aromatic heterocycles. The van der Waals surface area contributed by atoms with Crippen molar-refractivity contribution in [1.82, 2.24) is 0 Å². The molecule has 4 rings (SSSR count). The van der Waals surface area contributed by atoms with Crippen LogP contribution in [0.2, 0.25) is 0 Å². The fourth-order valence-electron chi connectivity index (χ4n) is 3.09. The first-order chi connectivity index (χ1) is 13.3. The molecule has 134 valence electrons. The maximum Gasteiger partial charge on any atom is 0.198 e. The van der Waals surface area contributed by atoms with Gasteiger partial charge in [0, 0.05) is 11.9 Å². The van der Waals surface area contributed by atoms with Gasteiger partial charge >= 0.3 is 0 Å². The maximum absolute atomic E-state index is 13.1. The Morgan fingerprint density at radius 3 is 2.37 bits per heavy atom. The summed E-state index contributed by atoms with van der Waals surface area (Å²) in [6.07, 6.45) is 1.27. The maximum atomic E-state index is 13.1.